The maximum atomic E-state index is 12.2. The van der Waals surface area contributed by atoms with Crippen molar-refractivity contribution in [1.82, 2.24) is 0 Å². The lowest BCUT2D eigenvalue weighted by Crippen LogP contribution is -2.25. The highest BCUT2D eigenvalue weighted by molar-refractivity contribution is 8.01. The van der Waals surface area contributed by atoms with Gasteiger partial charge < -0.3 is 10.6 Å². The van der Waals surface area contributed by atoms with E-state index in [1.807, 2.05) is 31.2 Å². The van der Waals surface area contributed by atoms with E-state index in [4.69, 9.17) is 23.2 Å². The molecule has 2 amide bonds. The van der Waals surface area contributed by atoms with Crippen LogP contribution >= 0.6 is 35.0 Å². The van der Waals surface area contributed by atoms with Gasteiger partial charge >= 0.3 is 0 Å². The first-order chi connectivity index (χ1) is 11.8. The van der Waals surface area contributed by atoms with E-state index >= 15 is 0 Å². The third kappa shape index (κ3) is 6.27. The summed E-state index contributed by atoms with van der Waals surface area (Å²) >= 11 is 13.2. The summed E-state index contributed by atoms with van der Waals surface area (Å²) in [6, 6.07) is 12.4. The number of hydrogen-bond donors (Lipinski definition) is 2. The summed E-state index contributed by atoms with van der Waals surface area (Å²) < 4.78 is 0. The molecule has 7 heteroatoms. The molecule has 1 atom stereocenters. The molecule has 2 aromatic rings. The number of nitrogens with one attached hydrogen (secondary N) is 2. The molecule has 0 unspecified atom stereocenters. The minimum Gasteiger partial charge on any atom is -0.325 e. The average molecular weight is 397 g/mol. The zero-order valence-corrected chi connectivity index (χ0v) is 16.1. The molecule has 0 saturated heterocycles. The lowest BCUT2D eigenvalue weighted by atomic mass is 10.2. The van der Waals surface area contributed by atoms with Crippen LogP contribution in [-0.4, -0.2) is 22.8 Å². The predicted octanol–water partition coefficient (Wildman–Crippen LogP) is 5.00. The third-order valence-electron chi connectivity index (χ3n) is 3.36. The minimum atomic E-state index is -0.418. The van der Waals surface area contributed by atoms with Gasteiger partial charge in [-0.3, -0.25) is 9.59 Å². The number of carbonyl (C=O) groups excluding carboxylic acids is 2. The molecule has 0 aliphatic heterocycles. The van der Waals surface area contributed by atoms with Crippen LogP contribution in [0.1, 0.15) is 12.5 Å². The maximum Gasteiger partial charge on any atom is 0.237 e. The molecule has 132 valence electrons. The van der Waals surface area contributed by atoms with Gasteiger partial charge in [0.2, 0.25) is 11.8 Å². The van der Waals surface area contributed by atoms with Gasteiger partial charge in [0.15, 0.2) is 0 Å². The second-order valence-electron chi connectivity index (χ2n) is 5.48. The quantitative estimate of drug-likeness (QED) is 0.721. The number of carbonyl (C=O) groups is 2. The number of amides is 2. The summed E-state index contributed by atoms with van der Waals surface area (Å²) in [4.78, 5) is 24.2. The second kappa shape index (κ2) is 9.13. The normalized spacial score (nSPS) is 11.7. The number of thioether (sulfide) groups is 1. The molecule has 0 radical (unpaired) electrons. The third-order valence-corrected chi connectivity index (χ3v) is 5.06. The first kappa shape index (κ1) is 19.6. The smallest absolute Gasteiger partial charge is 0.237 e. The number of hydrogen-bond acceptors (Lipinski definition) is 3. The van der Waals surface area contributed by atoms with E-state index in [1.54, 1.807) is 25.1 Å². The van der Waals surface area contributed by atoms with Crippen molar-refractivity contribution in [3.8, 4) is 0 Å². The molecule has 2 rings (SSSR count). The van der Waals surface area contributed by atoms with Crippen molar-refractivity contribution in [1.29, 1.82) is 0 Å². The summed E-state index contributed by atoms with van der Waals surface area (Å²) in [5, 5.41) is 6.00. The van der Waals surface area contributed by atoms with E-state index in [1.165, 1.54) is 11.8 Å². The van der Waals surface area contributed by atoms with Crippen molar-refractivity contribution in [2.24, 2.45) is 0 Å². The van der Waals surface area contributed by atoms with Gasteiger partial charge in [-0.1, -0.05) is 40.9 Å². The van der Waals surface area contributed by atoms with Crippen LogP contribution in [0.5, 0.6) is 0 Å². The Kier molecular flexibility index (Phi) is 7.17. The van der Waals surface area contributed by atoms with Gasteiger partial charge in [0.05, 0.1) is 21.7 Å². The highest BCUT2D eigenvalue weighted by Gasteiger charge is 2.16. The molecule has 2 N–H and O–H groups in total. The van der Waals surface area contributed by atoms with Gasteiger partial charge in [-0.05, 0) is 44.2 Å². The Morgan fingerprint density at radius 3 is 2.44 bits per heavy atom. The SMILES string of the molecule is Cc1ccc(NC(=O)CS[C@H](C)C(=O)Nc2cc(Cl)ccc2Cl)cc1. The molecule has 0 bridgehead atoms. The van der Waals surface area contributed by atoms with Crippen molar-refractivity contribution in [2.45, 2.75) is 19.1 Å². The van der Waals surface area contributed by atoms with Gasteiger partial charge in [-0.15, -0.1) is 11.8 Å². The molecular weight excluding hydrogens is 379 g/mol. The van der Waals surface area contributed by atoms with Crippen LogP contribution in [0, 0.1) is 6.92 Å². The molecule has 0 aliphatic carbocycles. The monoisotopic (exact) mass is 396 g/mol. The Bertz CT molecular complexity index is 766. The van der Waals surface area contributed by atoms with Crippen molar-refractivity contribution in [3.63, 3.8) is 0 Å². The Morgan fingerprint density at radius 1 is 1.08 bits per heavy atom. The standard InChI is InChI=1S/C18H18Cl2N2O2S/c1-11-3-6-14(7-4-11)21-17(23)10-25-12(2)18(24)22-16-9-13(19)5-8-15(16)20/h3-9,12H,10H2,1-2H3,(H,21,23)(H,22,24)/t12-/m1/s1. The summed E-state index contributed by atoms with van der Waals surface area (Å²) in [6.45, 7) is 3.71. The fourth-order valence-corrected chi connectivity index (χ4v) is 2.96. The molecule has 0 aliphatic rings. The van der Waals surface area contributed by atoms with Crippen molar-refractivity contribution in [3.05, 3.63) is 58.1 Å². The molecule has 25 heavy (non-hydrogen) atoms. The lowest BCUT2D eigenvalue weighted by molar-refractivity contribution is -0.115. The molecule has 0 spiro atoms. The summed E-state index contributed by atoms with van der Waals surface area (Å²) in [7, 11) is 0. The average Bonchev–Trinajstić information content (AvgIpc) is 2.58. The fraction of sp³-hybridized carbons (Fsp3) is 0.222. The van der Waals surface area contributed by atoms with Gasteiger partial charge in [0.25, 0.3) is 0 Å². The topological polar surface area (TPSA) is 58.2 Å². The highest BCUT2D eigenvalue weighted by Crippen LogP contribution is 2.26. The van der Waals surface area contributed by atoms with Gasteiger partial charge in [0.1, 0.15) is 0 Å². The van der Waals surface area contributed by atoms with Crippen LogP contribution in [0.4, 0.5) is 11.4 Å². The van der Waals surface area contributed by atoms with E-state index in [2.05, 4.69) is 10.6 Å². The molecule has 2 aromatic carbocycles. The van der Waals surface area contributed by atoms with E-state index in [-0.39, 0.29) is 17.6 Å². The number of aryl methyl sites for hydroxylation is 1. The molecule has 0 fully saturated rings. The van der Waals surface area contributed by atoms with Crippen LogP contribution in [-0.2, 0) is 9.59 Å². The number of halogens is 2. The van der Waals surface area contributed by atoms with E-state index in [9.17, 15) is 9.59 Å². The summed E-state index contributed by atoms with van der Waals surface area (Å²) in [5.41, 5.74) is 2.31. The second-order valence-corrected chi connectivity index (χ2v) is 7.65. The van der Waals surface area contributed by atoms with E-state index < -0.39 is 5.25 Å². The van der Waals surface area contributed by atoms with Crippen LogP contribution in [0.3, 0.4) is 0 Å². The first-order valence-corrected chi connectivity index (χ1v) is 9.39. The molecule has 0 heterocycles. The number of benzene rings is 2. The fourth-order valence-electron chi connectivity index (χ4n) is 1.94. The molecular formula is C18H18Cl2N2O2S. The van der Waals surface area contributed by atoms with Crippen molar-refractivity contribution in [2.75, 3.05) is 16.4 Å². The van der Waals surface area contributed by atoms with Crippen LogP contribution < -0.4 is 10.6 Å². The minimum absolute atomic E-state index is 0.158. The Labute approximate surface area is 161 Å². The van der Waals surface area contributed by atoms with Gasteiger partial charge in [-0.25, -0.2) is 0 Å². The molecule has 0 saturated carbocycles. The van der Waals surface area contributed by atoms with Crippen molar-refractivity contribution >= 4 is 58.2 Å². The van der Waals surface area contributed by atoms with Crippen molar-refractivity contribution < 1.29 is 9.59 Å². The predicted molar refractivity (Wildman–Crippen MR) is 107 cm³/mol. The largest absolute Gasteiger partial charge is 0.325 e. The molecule has 4 nitrogen and oxygen atoms in total. The van der Waals surface area contributed by atoms with Crippen LogP contribution in [0.25, 0.3) is 0 Å². The zero-order valence-electron chi connectivity index (χ0n) is 13.8. The number of rotatable bonds is 6. The summed E-state index contributed by atoms with van der Waals surface area (Å²) in [6.07, 6.45) is 0. The van der Waals surface area contributed by atoms with Gasteiger partial charge in [0, 0.05) is 10.7 Å². The van der Waals surface area contributed by atoms with Crippen LogP contribution in [0.2, 0.25) is 10.0 Å². The Balaban J connectivity index is 1.83. The lowest BCUT2D eigenvalue weighted by Gasteiger charge is -2.13. The summed E-state index contributed by atoms with van der Waals surface area (Å²) in [5.74, 6) is -0.224. The number of anilines is 2. The highest BCUT2D eigenvalue weighted by atomic mass is 35.5. The Morgan fingerprint density at radius 2 is 1.76 bits per heavy atom. The van der Waals surface area contributed by atoms with Crippen LogP contribution in [0.15, 0.2) is 42.5 Å². The zero-order chi connectivity index (χ0) is 18.4. The van der Waals surface area contributed by atoms with Gasteiger partial charge in [-0.2, -0.15) is 0 Å². The maximum absolute atomic E-state index is 12.2. The Hall–Kier alpha value is -1.69. The first-order valence-electron chi connectivity index (χ1n) is 7.59. The molecule has 0 aromatic heterocycles. The van der Waals surface area contributed by atoms with E-state index in [0.717, 1.165) is 11.3 Å². The van der Waals surface area contributed by atoms with E-state index in [0.29, 0.717) is 15.7 Å².